The number of nitro benzene ring substituents is 2. The number of carbonyl (C=O) groups is 2. The van der Waals surface area contributed by atoms with Gasteiger partial charge in [-0.2, -0.15) is 10.2 Å². The van der Waals surface area contributed by atoms with Crippen molar-refractivity contribution in [2.24, 2.45) is 0 Å². The molecule has 0 amide bonds. The van der Waals surface area contributed by atoms with E-state index in [0.717, 1.165) is 15.2 Å². The standard InChI is InChI=1S/C24H20N4O4.C20H17BrN4O4/c1-3-27-24(30)23(25-20-13-7-9-16-8-4-5-12-19(16)20)21(15(2)29)22(26-27)17-10-6-11-18(14-17)28(31)32;1-3-24-20(27)19(22-15-8-5-7-14(21)11-15)17(12(2)26)18(23-24)13-6-4-9-16(10-13)25(28)29/h4-14,25H,3H2,1-2H3;4-11,22H,3H2,1-2H3. The van der Waals surface area contributed by atoms with Gasteiger partial charge < -0.3 is 10.6 Å². The van der Waals surface area contributed by atoms with Gasteiger partial charge in [0.1, 0.15) is 22.8 Å². The zero-order chi connectivity index (χ0) is 44.0. The molecule has 7 rings (SSSR count). The van der Waals surface area contributed by atoms with Crippen LogP contribution >= 0.6 is 15.9 Å². The average Bonchev–Trinajstić information content (AvgIpc) is 3.25. The topological polar surface area (TPSA) is 214 Å². The number of carbonyl (C=O) groups excluding carboxylic acids is 2. The lowest BCUT2D eigenvalue weighted by Crippen LogP contribution is -2.28. The van der Waals surface area contributed by atoms with Gasteiger partial charge in [0.2, 0.25) is 0 Å². The monoisotopic (exact) mass is 884 g/mol. The molecular weight excluding hydrogens is 848 g/mol. The van der Waals surface area contributed by atoms with E-state index < -0.39 is 21.0 Å². The molecule has 61 heavy (non-hydrogen) atoms. The summed E-state index contributed by atoms with van der Waals surface area (Å²) in [4.78, 5) is 72.8. The highest BCUT2D eigenvalue weighted by Crippen LogP contribution is 2.33. The lowest BCUT2D eigenvalue weighted by atomic mass is 10.0. The number of nitrogens with one attached hydrogen (secondary N) is 2. The number of ketones is 2. The molecule has 0 atom stereocenters. The normalized spacial score (nSPS) is 10.7. The summed E-state index contributed by atoms with van der Waals surface area (Å²) in [5, 5.41) is 39.2. The number of benzene rings is 5. The number of hydrogen-bond acceptors (Lipinski definition) is 12. The first-order chi connectivity index (χ1) is 29.2. The molecule has 17 heteroatoms. The van der Waals surface area contributed by atoms with E-state index in [1.807, 2.05) is 48.5 Å². The van der Waals surface area contributed by atoms with Crippen molar-refractivity contribution in [3.05, 3.63) is 172 Å². The molecule has 0 radical (unpaired) electrons. The van der Waals surface area contributed by atoms with E-state index in [1.54, 1.807) is 44.2 Å². The highest BCUT2D eigenvalue weighted by Gasteiger charge is 2.25. The van der Waals surface area contributed by atoms with Gasteiger partial charge in [0, 0.05) is 69.7 Å². The van der Waals surface area contributed by atoms with Crippen LogP contribution < -0.4 is 21.8 Å². The van der Waals surface area contributed by atoms with Crippen molar-refractivity contribution in [3.8, 4) is 22.5 Å². The zero-order valence-corrected chi connectivity index (χ0v) is 34.8. The van der Waals surface area contributed by atoms with Crippen molar-refractivity contribution >= 4 is 72.4 Å². The summed E-state index contributed by atoms with van der Waals surface area (Å²) in [6.45, 7) is 6.74. The Balaban J connectivity index is 0.000000205. The molecule has 16 nitrogen and oxygen atoms in total. The van der Waals surface area contributed by atoms with Gasteiger partial charge in [-0.05, 0) is 57.3 Å². The van der Waals surface area contributed by atoms with E-state index in [-0.39, 0.29) is 69.9 Å². The van der Waals surface area contributed by atoms with Crippen molar-refractivity contribution in [3.63, 3.8) is 0 Å². The van der Waals surface area contributed by atoms with Crippen LogP contribution in [0.15, 0.2) is 129 Å². The smallest absolute Gasteiger partial charge is 0.291 e. The van der Waals surface area contributed by atoms with E-state index in [1.165, 1.54) is 59.6 Å². The highest BCUT2D eigenvalue weighted by atomic mass is 79.9. The third-order valence-corrected chi connectivity index (χ3v) is 9.91. The van der Waals surface area contributed by atoms with Crippen LogP contribution in [0.25, 0.3) is 33.3 Å². The van der Waals surface area contributed by atoms with E-state index in [4.69, 9.17) is 0 Å². The molecule has 7 aromatic rings. The molecule has 308 valence electrons. The molecular formula is C44H37BrN8O8. The van der Waals surface area contributed by atoms with Crippen molar-refractivity contribution in [2.45, 2.75) is 40.8 Å². The minimum atomic E-state index is -0.520. The largest absolute Gasteiger partial charge is 0.350 e. The molecule has 0 aliphatic carbocycles. The average molecular weight is 886 g/mol. The molecule has 0 saturated carbocycles. The highest BCUT2D eigenvalue weighted by molar-refractivity contribution is 9.10. The van der Waals surface area contributed by atoms with Gasteiger partial charge in [-0.1, -0.05) is 82.7 Å². The number of anilines is 4. The van der Waals surface area contributed by atoms with Gasteiger partial charge in [-0.25, -0.2) is 9.36 Å². The maximum absolute atomic E-state index is 13.2. The third kappa shape index (κ3) is 9.31. The van der Waals surface area contributed by atoms with Crippen molar-refractivity contribution in [1.29, 1.82) is 0 Å². The fraction of sp³-hybridized carbons (Fsp3) is 0.136. The Morgan fingerprint density at radius 3 is 1.61 bits per heavy atom. The number of nitro groups is 2. The Bertz CT molecular complexity index is 3000. The predicted octanol–water partition coefficient (Wildman–Crippen LogP) is 9.48. The van der Waals surface area contributed by atoms with Crippen LogP contribution in [-0.4, -0.2) is 41.0 Å². The van der Waals surface area contributed by atoms with Crippen molar-refractivity contribution < 1.29 is 19.4 Å². The minimum Gasteiger partial charge on any atom is -0.350 e. The van der Waals surface area contributed by atoms with E-state index in [9.17, 15) is 39.4 Å². The van der Waals surface area contributed by atoms with Crippen LogP contribution in [-0.2, 0) is 13.1 Å². The zero-order valence-electron chi connectivity index (χ0n) is 33.2. The van der Waals surface area contributed by atoms with Gasteiger partial charge in [0.25, 0.3) is 22.5 Å². The van der Waals surface area contributed by atoms with Gasteiger partial charge in [-0.3, -0.25) is 39.4 Å². The number of Topliss-reactive ketones (excluding diaryl/α,β-unsaturated/α-hetero) is 2. The Labute approximate surface area is 355 Å². The summed E-state index contributed by atoms with van der Waals surface area (Å²) < 4.78 is 3.27. The first-order valence-electron chi connectivity index (χ1n) is 18.8. The van der Waals surface area contributed by atoms with Gasteiger partial charge in [-0.15, -0.1) is 0 Å². The van der Waals surface area contributed by atoms with E-state index in [2.05, 4.69) is 36.8 Å². The van der Waals surface area contributed by atoms with Gasteiger partial charge in [0.15, 0.2) is 11.6 Å². The summed E-state index contributed by atoms with van der Waals surface area (Å²) >= 11 is 3.38. The first kappa shape index (κ1) is 42.9. The second kappa shape index (κ2) is 18.5. The van der Waals surface area contributed by atoms with Crippen LogP contribution in [0.2, 0.25) is 0 Å². The van der Waals surface area contributed by atoms with Crippen LogP contribution in [0, 0.1) is 20.2 Å². The van der Waals surface area contributed by atoms with Gasteiger partial charge >= 0.3 is 0 Å². The molecule has 0 bridgehead atoms. The predicted molar refractivity (Wildman–Crippen MR) is 237 cm³/mol. The Morgan fingerprint density at radius 1 is 0.639 bits per heavy atom. The van der Waals surface area contributed by atoms with Crippen LogP contribution in [0.4, 0.5) is 34.1 Å². The number of hydrogen-bond donors (Lipinski definition) is 2. The lowest BCUT2D eigenvalue weighted by molar-refractivity contribution is -0.385. The summed E-state index contributed by atoms with van der Waals surface area (Å²) in [7, 11) is 0. The number of rotatable bonds is 12. The summed E-state index contributed by atoms with van der Waals surface area (Å²) in [6.07, 6.45) is 0. The summed E-state index contributed by atoms with van der Waals surface area (Å²) in [6, 6.07) is 32.2. The Hall–Kier alpha value is -7.66. The minimum absolute atomic E-state index is 0.0777. The number of halogens is 1. The number of aryl methyl sites for hydroxylation is 2. The van der Waals surface area contributed by atoms with Crippen LogP contribution in [0.1, 0.15) is 48.4 Å². The quantitative estimate of drug-likeness (QED) is 0.0667. The molecule has 2 aromatic heterocycles. The number of fused-ring (bicyclic) bond motifs is 1. The van der Waals surface area contributed by atoms with E-state index >= 15 is 0 Å². The fourth-order valence-corrected chi connectivity index (χ4v) is 7.00. The molecule has 0 fully saturated rings. The van der Waals surface area contributed by atoms with Crippen molar-refractivity contribution in [1.82, 2.24) is 19.6 Å². The molecule has 5 aromatic carbocycles. The summed E-state index contributed by atoms with van der Waals surface area (Å²) in [5.74, 6) is -0.751. The maximum atomic E-state index is 13.2. The third-order valence-electron chi connectivity index (χ3n) is 9.42. The second-order valence-electron chi connectivity index (χ2n) is 13.5. The number of non-ortho nitro benzene ring substituents is 2. The molecule has 2 N–H and O–H groups in total. The fourth-order valence-electron chi connectivity index (χ4n) is 6.60. The summed E-state index contributed by atoms with van der Waals surface area (Å²) in [5.41, 5.74) is 1.65. The SMILES string of the molecule is CCn1nc(-c2cccc([N+](=O)[O-])c2)c(C(C)=O)c(Nc2cccc(Br)c2)c1=O.CCn1nc(-c2cccc([N+](=O)[O-])c2)c(C(C)=O)c(Nc2cccc3ccccc23)c1=O. The number of nitrogens with zero attached hydrogens (tertiary/aromatic N) is 6. The molecule has 0 saturated heterocycles. The molecule has 2 heterocycles. The number of aromatic nitrogens is 4. The molecule has 0 unspecified atom stereocenters. The van der Waals surface area contributed by atoms with Crippen LogP contribution in [0.5, 0.6) is 0 Å². The Kier molecular flexibility index (Phi) is 13.0. The molecule has 0 aliphatic rings. The van der Waals surface area contributed by atoms with Gasteiger partial charge in [0.05, 0.1) is 21.0 Å². The van der Waals surface area contributed by atoms with Crippen molar-refractivity contribution in [2.75, 3.05) is 10.6 Å². The maximum Gasteiger partial charge on any atom is 0.291 e. The lowest BCUT2D eigenvalue weighted by Gasteiger charge is -2.17. The Morgan fingerprint density at radius 2 is 1.11 bits per heavy atom. The second-order valence-corrected chi connectivity index (χ2v) is 14.4. The van der Waals surface area contributed by atoms with E-state index in [0.29, 0.717) is 22.5 Å². The first-order valence-corrected chi connectivity index (χ1v) is 19.6. The van der Waals surface area contributed by atoms with Crippen LogP contribution in [0.3, 0.4) is 0 Å². The molecule has 0 aliphatic heterocycles. The molecule has 0 spiro atoms.